The summed E-state index contributed by atoms with van der Waals surface area (Å²) < 4.78 is 0. The molecule has 1 aliphatic heterocycles. The van der Waals surface area contributed by atoms with Crippen LogP contribution in [0.2, 0.25) is 0 Å². The van der Waals surface area contributed by atoms with Gasteiger partial charge in [-0.05, 0) is 31.2 Å². The molecule has 1 heterocycles. The number of rotatable bonds is 5. The molecule has 1 atom stereocenters. The third-order valence-electron chi connectivity index (χ3n) is 4.08. The van der Waals surface area contributed by atoms with Crippen LogP contribution in [0.15, 0.2) is 59.7 Å². The fourth-order valence-electron chi connectivity index (χ4n) is 2.78. The van der Waals surface area contributed by atoms with Crippen molar-refractivity contribution in [2.45, 2.75) is 19.4 Å². The molecule has 2 aromatic rings. The second-order valence-electron chi connectivity index (χ2n) is 5.90. The van der Waals surface area contributed by atoms with Gasteiger partial charge >= 0.3 is 0 Å². The van der Waals surface area contributed by atoms with Gasteiger partial charge in [0.1, 0.15) is 11.8 Å². The van der Waals surface area contributed by atoms with Crippen molar-refractivity contribution in [3.8, 4) is 0 Å². The molecule has 0 fully saturated rings. The van der Waals surface area contributed by atoms with Gasteiger partial charge in [0.2, 0.25) is 5.91 Å². The Bertz CT molecular complexity index is 893. The van der Waals surface area contributed by atoms with E-state index in [1.807, 2.05) is 18.2 Å². The zero-order valence-corrected chi connectivity index (χ0v) is 14.2. The molecule has 0 aliphatic carbocycles. The predicted octanol–water partition coefficient (Wildman–Crippen LogP) is 1.95. The van der Waals surface area contributed by atoms with Gasteiger partial charge in [-0.3, -0.25) is 19.4 Å². The van der Waals surface area contributed by atoms with Crippen LogP contribution < -0.4 is 16.1 Å². The lowest BCUT2D eigenvalue weighted by Crippen LogP contribution is -2.39. The highest BCUT2D eigenvalue weighted by atomic mass is 16.2. The van der Waals surface area contributed by atoms with Gasteiger partial charge in [-0.1, -0.05) is 30.3 Å². The first-order valence-corrected chi connectivity index (χ1v) is 8.09. The van der Waals surface area contributed by atoms with Gasteiger partial charge in [0.05, 0.1) is 11.4 Å². The molecule has 0 bridgehead atoms. The topological polar surface area (TPSA) is 105 Å². The minimum absolute atomic E-state index is 0.0955. The third kappa shape index (κ3) is 3.46. The Morgan fingerprint density at radius 2 is 1.73 bits per heavy atom. The molecule has 3 rings (SSSR count). The molecule has 0 saturated carbocycles. The highest BCUT2D eigenvalue weighted by Crippen LogP contribution is 2.25. The molecule has 7 heteroatoms. The normalized spacial score (nSPS) is 16.1. The summed E-state index contributed by atoms with van der Waals surface area (Å²) in [5.41, 5.74) is 7.13. The molecule has 0 spiro atoms. The van der Waals surface area contributed by atoms with Gasteiger partial charge < -0.3 is 11.1 Å². The van der Waals surface area contributed by atoms with E-state index in [1.165, 1.54) is 11.9 Å². The summed E-state index contributed by atoms with van der Waals surface area (Å²) in [7, 11) is 0. The number of nitrogens with one attached hydrogen (secondary N) is 1. The van der Waals surface area contributed by atoms with Crippen LogP contribution in [0.3, 0.4) is 0 Å². The van der Waals surface area contributed by atoms with Crippen molar-refractivity contribution in [1.29, 1.82) is 0 Å². The number of hydrogen-bond acceptors (Lipinski definition) is 5. The van der Waals surface area contributed by atoms with Crippen molar-refractivity contribution < 1.29 is 14.4 Å². The van der Waals surface area contributed by atoms with Crippen molar-refractivity contribution in [3.63, 3.8) is 0 Å². The first kappa shape index (κ1) is 17.3. The predicted molar refractivity (Wildman–Crippen MR) is 99.0 cm³/mol. The van der Waals surface area contributed by atoms with E-state index in [0.717, 1.165) is 0 Å². The number of amides is 2. The summed E-state index contributed by atoms with van der Waals surface area (Å²) in [6.45, 7) is 1.43. The number of carbonyl (C=O) groups is 3. The highest BCUT2D eigenvalue weighted by molar-refractivity contribution is 6.44. The number of hydrogen-bond donors (Lipinski definition) is 2. The van der Waals surface area contributed by atoms with Gasteiger partial charge in [-0.15, -0.1) is 0 Å². The van der Waals surface area contributed by atoms with Crippen LogP contribution >= 0.6 is 0 Å². The number of para-hydroxylation sites is 2. The largest absolute Gasteiger partial charge is 0.368 e. The number of nitrogens with zero attached hydrogens (tertiary/aromatic N) is 2. The molecular weight excluding hydrogens is 332 g/mol. The van der Waals surface area contributed by atoms with E-state index in [2.05, 4.69) is 10.4 Å². The lowest BCUT2D eigenvalue weighted by Gasteiger charge is -2.20. The molecule has 3 N–H and O–H groups in total. The Morgan fingerprint density at radius 3 is 2.38 bits per heavy atom. The third-order valence-corrected chi connectivity index (χ3v) is 4.08. The van der Waals surface area contributed by atoms with Crippen molar-refractivity contribution in [1.82, 2.24) is 0 Å². The number of anilines is 2. The van der Waals surface area contributed by atoms with Gasteiger partial charge in [0, 0.05) is 12.0 Å². The molecule has 26 heavy (non-hydrogen) atoms. The number of benzene rings is 2. The van der Waals surface area contributed by atoms with Crippen LogP contribution in [0, 0.1) is 0 Å². The molecule has 1 unspecified atom stereocenters. The zero-order chi connectivity index (χ0) is 18.7. The van der Waals surface area contributed by atoms with E-state index >= 15 is 0 Å². The molecule has 0 saturated heterocycles. The molecule has 0 radical (unpaired) electrons. The van der Waals surface area contributed by atoms with E-state index in [1.54, 1.807) is 36.4 Å². The molecule has 1 aliphatic rings. The van der Waals surface area contributed by atoms with Crippen molar-refractivity contribution >= 4 is 34.7 Å². The van der Waals surface area contributed by atoms with Crippen LogP contribution in [0.5, 0.6) is 0 Å². The molecule has 0 aromatic heterocycles. The van der Waals surface area contributed by atoms with Gasteiger partial charge in [-0.25, -0.2) is 0 Å². The molecule has 7 nitrogen and oxygen atoms in total. The van der Waals surface area contributed by atoms with Gasteiger partial charge in [0.15, 0.2) is 5.78 Å². The van der Waals surface area contributed by atoms with E-state index < -0.39 is 17.9 Å². The molecular formula is C19H18N4O3. The van der Waals surface area contributed by atoms with Crippen molar-refractivity contribution in [2.75, 3.05) is 10.3 Å². The van der Waals surface area contributed by atoms with Crippen LogP contribution in [0.25, 0.3) is 0 Å². The summed E-state index contributed by atoms with van der Waals surface area (Å²) in [6.07, 6.45) is 0.0955. The summed E-state index contributed by atoms with van der Waals surface area (Å²) in [6, 6.07) is 15.0. The lowest BCUT2D eigenvalue weighted by atomic mass is 10.1. The number of nitrogens with two attached hydrogens (primary N) is 1. The van der Waals surface area contributed by atoms with Crippen LogP contribution in [0.1, 0.15) is 23.7 Å². The smallest absolute Gasteiger partial charge is 0.271 e. The summed E-state index contributed by atoms with van der Waals surface area (Å²) in [5, 5.41) is 8.43. The minimum Gasteiger partial charge on any atom is -0.368 e. The maximum atomic E-state index is 12.6. The highest BCUT2D eigenvalue weighted by Gasteiger charge is 2.35. The SMILES string of the molecule is CC(=O)c1ccccc1NC(=O)C1=NN(c2ccccc2)C(C(N)=O)C1. The molecule has 132 valence electrons. The van der Waals surface area contributed by atoms with Crippen LogP contribution in [0.4, 0.5) is 11.4 Å². The average Bonchev–Trinajstić information content (AvgIpc) is 3.08. The Balaban J connectivity index is 1.86. The standard InChI is InChI=1S/C19H18N4O3/c1-12(24)14-9-5-6-10-15(14)21-19(26)16-11-17(18(20)25)23(22-16)13-7-3-2-4-8-13/h2-10,17H,11H2,1H3,(H2,20,25)(H,21,26). The Labute approximate surface area is 150 Å². The van der Waals surface area contributed by atoms with Crippen molar-refractivity contribution in [3.05, 3.63) is 60.2 Å². The first-order chi connectivity index (χ1) is 12.5. The van der Waals surface area contributed by atoms with E-state index in [9.17, 15) is 14.4 Å². The van der Waals surface area contributed by atoms with E-state index in [-0.39, 0.29) is 17.9 Å². The monoisotopic (exact) mass is 350 g/mol. The molecule has 2 aromatic carbocycles. The van der Waals surface area contributed by atoms with E-state index in [0.29, 0.717) is 16.9 Å². The minimum atomic E-state index is -0.735. The Kier molecular flexibility index (Phi) is 4.79. The fourth-order valence-corrected chi connectivity index (χ4v) is 2.78. The zero-order valence-electron chi connectivity index (χ0n) is 14.2. The Hall–Kier alpha value is -3.48. The number of hydrazone groups is 1. The maximum absolute atomic E-state index is 12.6. The second kappa shape index (κ2) is 7.18. The number of ketones is 1. The fraction of sp³-hybridized carbons (Fsp3) is 0.158. The average molecular weight is 350 g/mol. The van der Waals surface area contributed by atoms with Crippen LogP contribution in [-0.2, 0) is 9.59 Å². The number of carbonyl (C=O) groups excluding carboxylic acids is 3. The molecule has 2 amide bonds. The van der Waals surface area contributed by atoms with Gasteiger partial charge in [-0.2, -0.15) is 5.10 Å². The lowest BCUT2D eigenvalue weighted by molar-refractivity contribution is -0.119. The Morgan fingerprint density at radius 1 is 1.08 bits per heavy atom. The summed E-state index contributed by atoms with van der Waals surface area (Å²) in [5.74, 6) is -1.19. The van der Waals surface area contributed by atoms with Gasteiger partial charge in [0.25, 0.3) is 5.91 Å². The second-order valence-corrected chi connectivity index (χ2v) is 5.90. The van der Waals surface area contributed by atoms with Crippen molar-refractivity contribution in [2.24, 2.45) is 10.8 Å². The quantitative estimate of drug-likeness (QED) is 0.804. The summed E-state index contributed by atoms with van der Waals surface area (Å²) >= 11 is 0. The number of Topliss-reactive ketones (excluding diaryl/α,β-unsaturated/α-hetero) is 1. The summed E-state index contributed by atoms with van der Waals surface area (Å²) in [4.78, 5) is 36.1. The first-order valence-electron chi connectivity index (χ1n) is 8.09. The van der Waals surface area contributed by atoms with Crippen LogP contribution in [-0.4, -0.2) is 29.4 Å². The van der Waals surface area contributed by atoms with E-state index in [4.69, 9.17) is 5.73 Å². The number of primary amides is 1. The maximum Gasteiger partial charge on any atom is 0.271 e.